The van der Waals surface area contributed by atoms with Crippen LogP contribution in [0.1, 0.15) is 11.0 Å². The van der Waals surface area contributed by atoms with E-state index in [2.05, 4.69) is 4.72 Å². The molecule has 0 amide bonds. The van der Waals surface area contributed by atoms with Crippen LogP contribution in [0, 0.1) is 0 Å². The number of sulfone groups is 1. The summed E-state index contributed by atoms with van der Waals surface area (Å²) in [6, 6.07) is 25.9. The molecule has 0 aliphatic carbocycles. The maximum Gasteiger partial charge on any atom is 0.240 e. The predicted octanol–water partition coefficient (Wildman–Crippen LogP) is 4.57. The molecular formula is C24H21NO6S2. The molecule has 0 radical (unpaired) electrons. The van der Waals surface area contributed by atoms with Gasteiger partial charge in [0.05, 0.1) is 16.1 Å². The van der Waals surface area contributed by atoms with Crippen molar-refractivity contribution in [2.75, 3.05) is 6.54 Å². The third-order valence-electron chi connectivity index (χ3n) is 4.88. The van der Waals surface area contributed by atoms with E-state index in [-0.39, 0.29) is 15.6 Å². The monoisotopic (exact) mass is 483 g/mol. The molecule has 0 fully saturated rings. The van der Waals surface area contributed by atoms with E-state index in [1.165, 1.54) is 48.7 Å². The number of rotatable bonds is 9. The number of hydrogen-bond acceptors (Lipinski definition) is 6. The average Bonchev–Trinajstić information content (AvgIpc) is 3.35. The van der Waals surface area contributed by atoms with Crippen molar-refractivity contribution in [3.63, 3.8) is 0 Å². The molecule has 1 heterocycles. The van der Waals surface area contributed by atoms with Crippen molar-refractivity contribution >= 4 is 19.9 Å². The van der Waals surface area contributed by atoms with E-state index in [0.29, 0.717) is 11.5 Å². The molecule has 0 bridgehead atoms. The van der Waals surface area contributed by atoms with Crippen molar-refractivity contribution in [3.8, 4) is 11.5 Å². The van der Waals surface area contributed by atoms with Crippen molar-refractivity contribution in [2.24, 2.45) is 0 Å². The zero-order valence-corrected chi connectivity index (χ0v) is 19.0. The van der Waals surface area contributed by atoms with E-state index in [4.69, 9.17) is 9.15 Å². The van der Waals surface area contributed by atoms with Crippen LogP contribution >= 0.6 is 0 Å². The third-order valence-corrected chi connectivity index (χ3v) is 8.40. The van der Waals surface area contributed by atoms with Crippen LogP contribution in [0.3, 0.4) is 0 Å². The molecule has 0 spiro atoms. The van der Waals surface area contributed by atoms with Crippen LogP contribution in [0.5, 0.6) is 11.5 Å². The highest BCUT2D eigenvalue weighted by molar-refractivity contribution is 7.92. The van der Waals surface area contributed by atoms with Crippen molar-refractivity contribution in [3.05, 3.63) is 109 Å². The van der Waals surface area contributed by atoms with Crippen molar-refractivity contribution in [2.45, 2.75) is 15.0 Å². The Morgan fingerprint density at radius 3 is 1.91 bits per heavy atom. The van der Waals surface area contributed by atoms with Crippen LogP contribution < -0.4 is 9.46 Å². The lowest BCUT2D eigenvalue weighted by Gasteiger charge is -2.17. The number of furan rings is 1. The Hall–Kier alpha value is -3.40. The van der Waals surface area contributed by atoms with Gasteiger partial charge in [-0.1, -0.05) is 36.4 Å². The summed E-state index contributed by atoms with van der Waals surface area (Å²) in [5.41, 5.74) is 0. The topological polar surface area (TPSA) is 103 Å². The molecule has 0 aliphatic heterocycles. The summed E-state index contributed by atoms with van der Waals surface area (Å²) in [6.45, 7) is -0.394. The van der Waals surface area contributed by atoms with E-state index in [1.807, 2.05) is 18.2 Å². The molecule has 0 saturated carbocycles. The molecule has 9 heteroatoms. The average molecular weight is 484 g/mol. The molecule has 1 atom stereocenters. The third kappa shape index (κ3) is 5.33. The van der Waals surface area contributed by atoms with Crippen LogP contribution in [0.15, 0.2) is 118 Å². The van der Waals surface area contributed by atoms with Gasteiger partial charge in [-0.2, -0.15) is 0 Å². The molecule has 1 aromatic heterocycles. The van der Waals surface area contributed by atoms with Gasteiger partial charge in [0.1, 0.15) is 22.5 Å². The molecule has 4 aromatic rings. The first-order valence-corrected chi connectivity index (χ1v) is 13.0. The van der Waals surface area contributed by atoms with Gasteiger partial charge in [-0.3, -0.25) is 0 Å². The molecule has 7 nitrogen and oxygen atoms in total. The fraction of sp³-hybridized carbons (Fsp3) is 0.0833. The number of hydrogen-bond donors (Lipinski definition) is 1. The molecular weight excluding hydrogens is 462 g/mol. The maximum absolute atomic E-state index is 13.2. The number of ether oxygens (including phenoxy) is 1. The first-order valence-electron chi connectivity index (χ1n) is 10.0. The standard InChI is InChI=1S/C24H21NO6S2/c26-32(27,21-10-5-2-6-11-21)24(23-12-7-17-30-23)18-25-33(28,29)22-15-13-20(14-16-22)31-19-8-3-1-4-9-19/h1-17,24-25H,18H2/t24-/m1/s1. The molecule has 3 aromatic carbocycles. The van der Waals surface area contributed by atoms with Gasteiger partial charge in [0.25, 0.3) is 0 Å². The normalized spacial score (nSPS) is 12.8. The lowest BCUT2D eigenvalue weighted by atomic mass is 10.3. The zero-order chi connectivity index (χ0) is 23.3. The summed E-state index contributed by atoms with van der Waals surface area (Å²) in [5, 5.41) is -1.23. The fourth-order valence-electron chi connectivity index (χ4n) is 3.19. The molecule has 0 unspecified atom stereocenters. The van der Waals surface area contributed by atoms with Crippen LogP contribution in [0.2, 0.25) is 0 Å². The largest absolute Gasteiger partial charge is 0.468 e. The van der Waals surface area contributed by atoms with Gasteiger partial charge in [-0.25, -0.2) is 21.6 Å². The second-order valence-electron chi connectivity index (χ2n) is 7.10. The highest BCUT2D eigenvalue weighted by Crippen LogP contribution is 2.29. The van der Waals surface area contributed by atoms with Gasteiger partial charge in [0, 0.05) is 6.54 Å². The maximum atomic E-state index is 13.2. The Kier molecular flexibility index (Phi) is 6.64. The van der Waals surface area contributed by atoms with E-state index >= 15 is 0 Å². The number of sulfonamides is 1. The fourth-order valence-corrected chi connectivity index (χ4v) is 5.95. The van der Waals surface area contributed by atoms with Gasteiger partial charge in [0.15, 0.2) is 9.84 Å². The highest BCUT2D eigenvalue weighted by Gasteiger charge is 2.32. The van der Waals surface area contributed by atoms with Crippen LogP contribution in [-0.4, -0.2) is 23.4 Å². The highest BCUT2D eigenvalue weighted by atomic mass is 32.2. The predicted molar refractivity (Wildman–Crippen MR) is 123 cm³/mol. The van der Waals surface area contributed by atoms with Gasteiger partial charge in [0.2, 0.25) is 10.0 Å². The molecule has 1 N–H and O–H groups in total. The number of para-hydroxylation sites is 1. The Morgan fingerprint density at radius 2 is 1.30 bits per heavy atom. The number of benzene rings is 3. The second-order valence-corrected chi connectivity index (χ2v) is 11.0. The number of nitrogens with one attached hydrogen (secondary N) is 1. The molecule has 0 aliphatic rings. The van der Waals surface area contributed by atoms with Crippen molar-refractivity contribution in [1.82, 2.24) is 4.72 Å². The molecule has 170 valence electrons. The lowest BCUT2D eigenvalue weighted by molar-refractivity contribution is 0.482. The Morgan fingerprint density at radius 1 is 0.697 bits per heavy atom. The van der Waals surface area contributed by atoms with Crippen molar-refractivity contribution < 1.29 is 26.0 Å². The van der Waals surface area contributed by atoms with E-state index < -0.39 is 31.7 Å². The molecule has 33 heavy (non-hydrogen) atoms. The molecule has 4 rings (SSSR count). The molecule has 0 saturated heterocycles. The smallest absolute Gasteiger partial charge is 0.240 e. The summed E-state index contributed by atoms with van der Waals surface area (Å²) in [7, 11) is -7.90. The van der Waals surface area contributed by atoms with Crippen molar-refractivity contribution in [1.29, 1.82) is 0 Å². The Labute approximate surface area is 192 Å². The van der Waals surface area contributed by atoms with E-state index in [1.54, 1.807) is 36.4 Å². The van der Waals surface area contributed by atoms with E-state index in [0.717, 1.165) is 0 Å². The summed E-state index contributed by atoms with van der Waals surface area (Å²) in [5.74, 6) is 1.24. The Bertz CT molecular complexity index is 1390. The van der Waals surface area contributed by atoms with Crippen LogP contribution in [0.4, 0.5) is 0 Å². The van der Waals surface area contributed by atoms with Crippen LogP contribution in [0.25, 0.3) is 0 Å². The minimum atomic E-state index is -3.99. The SMILES string of the molecule is O=S(=O)(NC[C@H](c1ccco1)S(=O)(=O)c1ccccc1)c1ccc(Oc2ccccc2)cc1. The van der Waals surface area contributed by atoms with Gasteiger partial charge < -0.3 is 9.15 Å². The Balaban J connectivity index is 1.53. The van der Waals surface area contributed by atoms with Gasteiger partial charge in [-0.05, 0) is 60.7 Å². The minimum Gasteiger partial charge on any atom is -0.468 e. The summed E-state index contributed by atoms with van der Waals surface area (Å²) in [6.07, 6.45) is 1.35. The summed E-state index contributed by atoms with van der Waals surface area (Å²) >= 11 is 0. The first kappa shape index (κ1) is 22.8. The zero-order valence-electron chi connectivity index (χ0n) is 17.4. The lowest BCUT2D eigenvalue weighted by Crippen LogP contribution is -2.31. The summed E-state index contributed by atoms with van der Waals surface area (Å²) < 4.78 is 65.5. The summed E-state index contributed by atoms with van der Waals surface area (Å²) in [4.78, 5) is 0.0613. The van der Waals surface area contributed by atoms with Gasteiger partial charge in [-0.15, -0.1) is 0 Å². The quantitative estimate of drug-likeness (QED) is 0.374. The van der Waals surface area contributed by atoms with Gasteiger partial charge >= 0.3 is 0 Å². The second kappa shape index (κ2) is 9.62. The van der Waals surface area contributed by atoms with Crippen LogP contribution in [-0.2, 0) is 19.9 Å². The first-order chi connectivity index (χ1) is 15.9. The van der Waals surface area contributed by atoms with E-state index in [9.17, 15) is 16.8 Å². The minimum absolute atomic E-state index is 0.0155.